The monoisotopic (exact) mass is 453 g/mol. The van der Waals surface area contributed by atoms with E-state index in [1.165, 1.54) is 48.4 Å². The molecular formula is C23H30Cl2FN3O. The first kappa shape index (κ1) is 24.4. The topological polar surface area (TPSA) is 35.6 Å². The van der Waals surface area contributed by atoms with Crippen LogP contribution in [0, 0.1) is 5.82 Å². The summed E-state index contributed by atoms with van der Waals surface area (Å²) in [5.41, 5.74) is 3.43. The van der Waals surface area contributed by atoms with Gasteiger partial charge in [0.1, 0.15) is 5.82 Å². The quantitative estimate of drug-likeness (QED) is 0.661. The second-order valence-electron chi connectivity index (χ2n) is 7.79. The van der Waals surface area contributed by atoms with Crippen molar-refractivity contribution in [2.24, 2.45) is 0 Å². The predicted molar refractivity (Wildman–Crippen MR) is 125 cm³/mol. The molecule has 4 nitrogen and oxygen atoms in total. The third-order valence-corrected chi connectivity index (χ3v) is 5.91. The summed E-state index contributed by atoms with van der Waals surface area (Å²) in [5, 5.41) is 2.92. The lowest BCUT2D eigenvalue weighted by atomic mass is 9.94. The zero-order chi connectivity index (χ0) is 19.3. The normalized spacial score (nSPS) is 17.8. The number of halogens is 3. The van der Waals surface area contributed by atoms with Gasteiger partial charge in [0.25, 0.3) is 5.91 Å². The molecular weight excluding hydrogens is 424 g/mol. The van der Waals surface area contributed by atoms with E-state index in [0.29, 0.717) is 18.2 Å². The minimum absolute atomic E-state index is 0. The molecule has 2 heterocycles. The molecule has 2 aromatic rings. The standard InChI is InChI=1S/C23H28FN3O.2ClH/c24-20-10-7-19(8-11-20)23(28)25-13-3-4-14-26-15-16-27-21(17-26)12-9-18-5-1-2-6-22(18)27;;/h1-2,5-8,10-11,21H,3-4,9,12-17H2,(H,25,28);2*1H. The fourth-order valence-corrected chi connectivity index (χ4v) is 4.38. The van der Waals surface area contributed by atoms with Crippen molar-refractivity contribution in [3.05, 3.63) is 65.5 Å². The van der Waals surface area contributed by atoms with E-state index in [2.05, 4.69) is 39.4 Å². The highest BCUT2D eigenvalue weighted by atomic mass is 35.5. The molecule has 0 bridgehead atoms. The summed E-state index contributed by atoms with van der Waals surface area (Å²) in [6, 6.07) is 15.1. The summed E-state index contributed by atoms with van der Waals surface area (Å²) in [4.78, 5) is 17.2. The Morgan fingerprint density at radius 1 is 1.03 bits per heavy atom. The van der Waals surface area contributed by atoms with Gasteiger partial charge in [0.05, 0.1) is 0 Å². The number of carbonyl (C=O) groups is 1. The molecule has 7 heteroatoms. The lowest BCUT2D eigenvalue weighted by Gasteiger charge is -2.46. The molecule has 1 N–H and O–H groups in total. The molecule has 164 valence electrons. The molecule has 1 saturated heterocycles. The Bertz CT molecular complexity index is 818. The molecule has 4 rings (SSSR count). The van der Waals surface area contributed by atoms with Crippen molar-refractivity contribution < 1.29 is 9.18 Å². The zero-order valence-electron chi connectivity index (χ0n) is 17.1. The first-order valence-corrected chi connectivity index (χ1v) is 10.3. The molecule has 1 unspecified atom stereocenters. The van der Waals surface area contributed by atoms with Crippen LogP contribution in [0.1, 0.15) is 35.2 Å². The van der Waals surface area contributed by atoms with Crippen molar-refractivity contribution >= 4 is 36.4 Å². The van der Waals surface area contributed by atoms with E-state index in [1.807, 2.05) is 0 Å². The molecule has 1 amide bonds. The van der Waals surface area contributed by atoms with Crippen molar-refractivity contribution in [3.8, 4) is 0 Å². The molecule has 0 aromatic heterocycles. The largest absolute Gasteiger partial charge is 0.366 e. The third-order valence-electron chi connectivity index (χ3n) is 5.91. The molecule has 2 aliphatic rings. The number of unbranched alkanes of at least 4 members (excludes halogenated alkanes) is 1. The first-order valence-electron chi connectivity index (χ1n) is 10.3. The summed E-state index contributed by atoms with van der Waals surface area (Å²) in [5.74, 6) is -0.451. The molecule has 0 saturated carbocycles. The van der Waals surface area contributed by atoms with Gasteiger partial charge in [-0.05, 0) is 68.1 Å². The van der Waals surface area contributed by atoms with Crippen molar-refractivity contribution in [2.45, 2.75) is 31.7 Å². The maximum absolute atomic E-state index is 12.9. The number of benzene rings is 2. The highest BCUT2D eigenvalue weighted by Gasteiger charge is 2.30. The third kappa shape index (κ3) is 5.87. The maximum Gasteiger partial charge on any atom is 0.251 e. The van der Waals surface area contributed by atoms with Crippen molar-refractivity contribution in [1.82, 2.24) is 10.2 Å². The maximum atomic E-state index is 12.9. The van der Waals surface area contributed by atoms with Crippen LogP contribution in [0.15, 0.2) is 48.5 Å². The van der Waals surface area contributed by atoms with Crippen molar-refractivity contribution in [2.75, 3.05) is 37.6 Å². The predicted octanol–water partition coefficient (Wildman–Crippen LogP) is 4.32. The summed E-state index contributed by atoms with van der Waals surface area (Å²) in [7, 11) is 0. The van der Waals surface area contributed by atoms with Gasteiger partial charge in [-0.2, -0.15) is 0 Å². The number of fused-ring (bicyclic) bond motifs is 3. The lowest BCUT2D eigenvalue weighted by Crippen LogP contribution is -2.55. The van der Waals surface area contributed by atoms with Crippen LogP contribution in [-0.2, 0) is 6.42 Å². The fourth-order valence-electron chi connectivity index (χ4n) is 4.38. The van der Waals surface area contributed by atoms with Crippen LogP contribution < -0.4 is 10.2 Å². The Kier molecular flexibility index (Phi) is 9.40. The van der Waals surface area contributed by atoms with E-state index >= 15 is 0 Å². The van der Waals surface area contributed by atoms with E-state index in [-0.39, 0.29) is 36.5 Å². The second kappa shape index (κ2) is 11.5. The SMILES string of the molecule is Cl.Cl.O=C(NCCCCN1CCN2c3ccccc3CCC2C1)c1ccc(F)cc1. The number of piperazine rings is 1. The van der Waals surface area contributed by atoms with Crippen LogP contribution in [0.25, 0.3) is 0 Å². The molecule has 1 fully saturated rings. The highest BCUT2D eigenvalue weighted by Crippen LogP contribution is 2.32. The molecule has 30 heavy (non-hydrogen) atoms. The Morgan fingerprint density at radius 2 is 1.80 bits per heavy atom. The smallest absolute Gasteiger partial charge is 0.251 e. The van der Waals surface area contributed by atoms with Gasteiger partial charge in [-0.25, -0.2) is 4.39 Å². The number of nitrogens with zero attached hydrogens (tertiary/aromatic N) is 2. The fraction of sp³-hybridized carbons (Fsp3) is 0.435. The number of aryl methyl sites for hydroxylation is 1. The number of carbonyl (C=O) groups excluding carboxylic acids is 1. The van der Waals surface area contributed by atoms with Crippen molar-refractivity contribution in [1.29, 1.82) is 0 Å². The molecule has 2 aliphatic heterocycles. The van der Waals surface area contributed by atoms with Crippen LogP contribution in [0.2, 0.25) is 0 Å². The summed E-state index contributed by atoms with van der Waals surface area (Å²) >= 11 is 0. The molecule has 0 aliphatic carbocycles. The Labute approximate surface area is 190 Å². The minimum Gasteiger partial charge on any atom is -0.366 e. The number of nitrogens with one attached hydrogen (secondary N) is 1. The van der Waals surface area contributed by atoms with Gasteiger partial charge in [0.2, 0.25) is 0 Å². The van der Waals surface area contributed by atoms with E-state index in [1.54, 1.807) is 0 Å². The number of hydrogen-bond donors (Lipinski definition) is 1. The van der Waals surface area contributed by atoms with E-state index < -0.39 is 0 Å². The van der Waals surface area contributed by atoms with Crippen LogP contribution >= 0.6 is 24.8 Å². The van der Waals surface area contributed by atoms with Crippen LogP contribution in [0.4, 0.5) is 10.1 Å². The van der Waals surface area contributed by atoms with Crippen LogP contribution in [0.3, 0.4) is 0 Å². The highest BCUT2D eigenvalue weighted by molar-refractivity contribution is 5.94. The molecule has 0 radical (unpaired) electrons. The first-order chi connectivity index (χ1) is 13.7. The van der Waals surface area contributed by atoms with E-state index in [4.69, 9.17) is 0 Å². The second-order valence-corrected chi connectivity index (χ2v) is 7.79. The number of para-hydroxylation sites is 1. The average Bonchev–Trinajstić information content (AvgIpc) is 2.73. The van der Waals surface area contributed by atoms with Gasteiger partial charge >= 0.3 is 0 Å². The number of rotatable bonds is 6. The molecule has 2 aromatic carbocycles. The Balaban J connectivity index is 0.00000160. The summed E-state index contributed by atoms with van der Waals surface area (Å²) in [6.07, 6.45) is 4.45. The van der Waals surface area contributed by atoms with Crippen LogP contribution in [0.5, 0.6) is 0 Å². The van der Waals surface area contributed by atoms with Gasteiger partial charge in [0, 0.05) is 43.5 Å². The van der Waals surface area contributed by atoms with Gasteiger partial charge in [-0.3, -0.25) is 9.69 Å². The zero-order valence-corrected chi connectivity index (χ0v) is 18.7. The van der Waals surface area contributed by atoms with Gasteiger partial charge in [-0.1, -0.05) is 18.2 Å². The number of amides is 1. The summed E-state index contributed by atoms with van der Waals surface area (Å²) in [6.45, 7) is 5.08. The van der Waals surface area contributed by atoms with Gasteiger partial charge in [0.15, 0.2) is 0 Å². The molecule has 1 atom stereocenters. The summed E-state index contributed by atoms with van der Waals surface area (Å²) < 4.78 is 12.9. The average molecular weight is 454 g/mol. The Hall–Kier alpha value is -1.82. The lowest BCUT2D eigenvalue weighted by molar-refractivity contribution is 0.0952. The van der Waals surface area contributed by atoms with Gasteiger partial charge < -0.3 is 10.2 Å². The van der Waals surface area contributed by atoms with Crippen LogP contribution in [-0.4, -0.2) is 49.6 Å². The van der Waals surface area contributed by atoms with Gasteiger partial charge in [-0.15, -0.1) is 24.8 Å². The number of hydrogen-bond acceptors (Lipinski definition) is 3. The molecule has 0 spiro atoms. The van der Waals surface area contributed by atoms with E-state index in [0.717, 1.165) is 39.0 Å². The van der Waals surface area contributed by atoms with E-state index in [9.17, 15) is 9.18 Å². The van der Waals surface area contributed by atoms with Crippen molar-refractivity contribution in [3.63, 3.8) is 0 Å². The Morgan fingerprint density at radius 3 is 2.60 bits per heavy atom. The minimum atomic E-state index is -0.321. The number of anilines is 1.